The minimum absolute atomic E-state index is 0.0126. The molecule has 1 saturated heterocycles. The fourth-order valence-electron chi connectivity index (χ4n) is 2.54. The smallest absolute Gasteiger partial charge is 0.284 e. The van der Waals surface area contributed by atoms with Gasteiger partial charge < -0.3 is 9.84 Å². The second kappa shape index (κ2) is 8.07. The highest BCUT2D eigenvalue weighted by Crippen LogP contribution is 2.35. The lowest BCUT2D eigenvalue weighted by Gasteiger charge is -2.11. The largest absolute Gasteiger partial charge is 0.504 e. The van der Waals surface area contributed by atoms with Crippen LogP contribution < -0.4 is 4.74 Å². The van der Waals surface area contributed by atoms with Gasteiger partial charge in [-0.15, -0.1) is 4.40 Å². The van der Waals surface area contributed by atoms with E-state index in [1.54, 1.807) is 43.3 Å². The first-order valence-electron chi connectivity index (χ1n) is 8.34. The van der Waals surface area contributed by atoms with E-state index in [4.69, 9.17) is 4.74 Å². The van der Waals surface area contributed by atoms with E-state index in [0.717, 1.165) is 11.8 Å². The third kappa shape index (κ3) is 4.05. The Labute approximate surface area is 167 Å². The third-order valence-corrected chi connectivity index (χ3v) is 6.35. The molecule has 0 bridgehead atoms. The second-order valence-electron chi connectivity index (χ2n) is 5.75. The summed E-state index contributed by atoms with van der Waals surface area (Å²) in [6, 6.07) is 12.5. The van der Waals surface area contributed by atoms with Crippen LogP contribution in [-0.2, 0) is 14.8 Å². The molecule has 28 heavy (non-hydrogen) atoms. The van der Waals surface area contributed by atoms with Crippen LogP contribution in [0.25, 0.3) is 6.08 Å². The normalized spacial score (nSPS) is 17.5. The van der Waals surface area contributed by atoms with E-state index in [1.165, 1.54) is 30.2 Å². The average molecular weight is 418 g/mol. The van der Waals surface area contributed by atoms with Crippen molar-refractivity contribution in [2.45, 2.75) is 11.8 Å². The number of amides is 1. The lowest BCUT2D eigenvalue weighted by Crippen LogP contribution is -2.29. The van der Waals surface area contributed by atoms with Gasteiger partial charge in [-0.3, -0.25) is 9.69 Å². The van der Waals surface area contributed by atoms with Gasteiger partial charge >= 0.3 is 0 Å². The van der Waals surface area contributed by atoms with Crippen LogP contribution in [0.4, 0.5) is 0 Å². The van der Waals surface area contributed by atoms with Crippen molar-refractivity contribution in [2.24, 2.45) is 4.40 Å². The number of carbonyl (C=O) groups excluding carboxylic acids is 1. The van der Waals surface area contributed by atoms with Crippen molar-refractivity contribution < 1.29 is 23.1 Å². The SMILES string of the molecule is CCN1C(=O)/C(=C/c2ccc(O)c(OC)c2)S/C1=N/S(=O)(=O)c1ccccc1. The molecule has 1 N–H and O–H groups in total. The number of likely N-dealkylation sites (N-methyl/N-ethyl adjacent to an activating group) is 1. The van der Waals surface area contributed by atoms with Crippen molar-refractivity contribution in [1.29, 1.82) is 0 Å². The monoisotopic (exact) mass is 418 g/mol. The molecule has 2 aromatic rings. The Morgan fingerprint density at radius 1 is 1.21 bits per heavy atom. The van der Waals surface area contributed by atoms with Crippen LogP contribution in [0.1, 0.15) is 12.5 Å². The lowest BCUT2D eigenvalue weighted by atomic mass is 10.2. The number of phenols is 1. The van der Waals surface area contributed by atoms with Crippen LogP contribution in [0.5, 0.6) is 11.5 Å². The molecule has 1 amide bonds. The minimum atomic E-state index is -3.93. The molecule has 146 valence electrons. The summed E-state index contributed by atoms with van der Waals surface area (Å²) in [7, 11) is -2.50. The maximum Gasteiger partial charge on any atom is 0.284 e. The minimum Gasteiger partial charge on any atom is -0.504 e. The fourth-order valence-corrected chi connectivity index (χ4v) is 4.80. The molecule has 1 heterocycles. The number of sulfonamides is 1. The van der Waals surface area contributed by atoms with E-state index < -0.39 is 10.0 Å². The predicted octanol–water partition coefficient (Wildman–Crippen LogP) is 3.08. The Hall–Kier alpha value is -2.78. The second-order valence-corrected chi connectivity index (χ2v) is 8.37. The molecule has 7 nitrogen and oxygen atoms in total. The molecule has 9 heteroatoms. The van der Waals surface area contributed by atoms with Gasteiger partial charge in [0.15, 0.2) is 16.7 Å². The first kappa shape index (κ1) is 20.0. The number of thioether (sulfide) groups is 1. The number of hydrogen-bond donors (Lipinski definition) is 1. The van der Waals surface area contributed by atoms with E-state index in [9.17, 15) is 18.3 Å². The number of amidine groups is 1. The molecule has 0 spiro atoms. The van der Waals surface area contributed by atoms with Crippen LogP contribution in [-0.4, -0.2) is 43.2 Å². The zero-order chi connectivity index (χ0) is 20.3. The molecular formula is C19H18N2O5S2. The summed E-state index contributed by atoms with van der Waals surface area (Å²) in [5.74, 6) is -0.0688. The molecular weight excluding hydrogens is 400 g/mol. The van der Waals surface area contributed by atoms with Gasteiger partial charge in [-0.05, 0) is 54.6 Å². The van der Waals surface area contributed by atoms with Crippen molar-refractivity contribution >= 4 is 38.9 Å². The van der Waals surface area contributed by atoms with E-state index in [0.29, 0.717) is 10.5 Å². The molecule has 1 fully saturated rings. The Bertz CT molecular complexity index is 1060. The maximum atomic E-state index is 12.7. The summed E-state index contributed by atoms with van der Waals surface area (Å²) in [5, 5.41) is 9.80. The molecule has 0 radical (unpaired) electrons. The summed E-state index contributed by atoms with van der Waals surface area (Å²) in [5.41, 5.74) is 0.633. The number of nitrogens with zero attached hydrogens (tertiary/aromatic N) is 2. The summed E-state index contributed by atoms with van der Waals surface area (Å²) in [6.45, 7) is 2.03. The summed E-state index contributed by atoms with van der Waals surface area (Å²) in [4.78, 5) is 14.4. The van der Waals surface area contributed by atoms with E-state index in [1.807, 2.05) is 0 Å². The number of rotatable bonds is 5. The first-order chi connectivity index (χ1) is 13.4. The van der Waals surface area contributed by atoms with Crippen LogP contribution in [0.15, 0.2) is 62.7 Å². The van der Waals surface area contributed by atoms with Crippen molar-refractivity contribution in [3.05, 3.63) is 59.0 Å². The molecule has 0 atom stereocenters. The molecule has 0 aromatic heterocycles. The van der Waals surface area contributed by atoms with E-state index in [2.05, 4.69) is 4.40 Å². The summed E-state index contributed by atoms with van der Waals surface area (Å²) < 4.78 is 34.0. The third-order valence-electron chi connectivity index (χ3n) is 3.95. The van der Waals surface area contributed by atoms with Crippen LogP contribution in [0, 0.1) is 0 Å². The van der Waals surface area contributed by atoms with E-state index >= 15 is 0 Å². The predicted molar refractivity (Wildman–Crippen MR) is 109 cm³/mol. The number of aromatic hydroxyl groups is 1. The molecule has 1 aliphatic rings. The molecule has 0 aliphatic carbocycles. The number of benzene rings is 2. The highest BCUT2D eigenvalue weighted by atomic mass is 32.2. The number of hydrogen-bond acceptors (Lipinski definition) is 6. The van der Waals surface area contributed by atoms with Crippen molar-refractivity contribution in [3.63, 3.8) is 0 Å². The van der Waals surface area contributed by atoms with Gasteiger partial charge in [-0.1, -0.05) is 24.3 Å². The Morgan fingerprint density at radius 3 is 2.57 bits per heavy atom. The van der Waals surface area contributed by atoms with Gasteiger partial charge in [0, 0.05) is 6.54 Å². The number of methoxy groups -OCH3 is 1. The van der Waals surface area contributed by atoms with Crippen molar-refractivity contribution in [3.8, 4) is 11.5 Å². The quantitative estimate of drug-likeness (QED) is 0.750. The lowest BCUT2D eigenvalue weighted by molar-refractivity contribution is -0.122. The Balaban J connectivity index is 1.97. The molecule has 2 aromatic carbocycles. The summed E-state index contributed by atoms with van der Waals surface area (Å²) >= 11 is 0.990. The molecule has 0 saturated carbocycles. The Kier molecular flexibility index (Phi) is 5.76. The number of ether oxygens (including phenoxy) is 1. The molecule has 3 rings (SSSR count). The average Bonchev–Trinajstić information content (AvgIpc) is 2.97. The van der Waals surface area contributed by atoms with Gasteiger partial charge in [0.1, 0.15) is 0 Å². The van der Waals surface area contributed by atoms with Crippen LogP contribution >= 0.6 is 11.8 Å². The van der Waals surface area contributed by atoms with Crippen molar-refractivity contribution in [2.75, 3.05) is 13.7 Å². The number of carbonyl (C=O) groups is 1. The highest BCUT2D eigenvalue weighted by Gasteiger charge is 2.34. The fraction of sp³-hybridized carbons (Fsp3) is 0.158. The van der Waals surface area contributed by atoms with Gasteiger partial charge in [0.05, 0.1) is 16.9 Å². The maximum absolute atomic E-state index is 12.7. The topological polar surface area (TPSA) is 96.3 Å². The van der Waals surface area contributed by atoms with Crippen LogP contribution in [0.2, 0.25) is 0 Å². The molecule has 0 unspecified atom stereocenters. The zero-order valence-electron chi connectivity index (χ0n) is 15.2. The van der Waals surface area contributed by atoms with E-state index in [-0.39, 0.29) is 34.0 Å². The highest BCUT2D eigenvalue weighted by molar-refractivity contribution is 8.19. The van der Waals surface area contributed by atoms with Gasteiger partial charge in [0.25, 0.3) is 15.9 Å². The van der Waals surface area contributed by atoms with Gasteiger partial charge in [0.2, 0.25) is 0 Å². The summed E-state index contributed by atoms with van der Waals surface area (Å²) in [6.07, 6.45) is 1.61. The van der Waals surface area contributed by atoms with Gasteiger partial charge in [-0.25, -0.2) is 0 Å². The zero-order valence-corrected chi connectivity index (χ0v) is 16.8. The van der Waals surface area contributed by atoms with Crippen LogP contribution in [0.3, 0.4) is 0 Å². The molecule has 1 aliphatic heterocycles. The Morgan fingerprint density at radius 2 is 1.93 bits per heavy atom. The standard InChI is InChI=1S/C19H18N2O5S2/c1-3-21-18(23)17(12-13-9-10-15(22)16(11-13)26-2)27-19(21)20-28(24,25)14-7-5-4-6-8-14/h4-12,22H,3H2,1-2H3/b17-12-,20-19+. The first-order valence-corrected chi connectivity index (χ1v) is 10.6. The number of phenolic OH excluding ortho intramolecular Hbond substituents is 1. The van der Waals surface area contributed by atoms with Gasteiger partial charge in [-0.2, -0.15) is 8.42 Å². The van der Waals surface area contributed by atoms with Crippen molar-refractivity contribution in [1.82, 2.24) is 4.90 Å².